The van der Waals surface area contributed by atoms with Gasteiger partial charge in [0.25, 0.3) is 0 Å². The molecule has 0 spiro atoms. The van der Waals surface area contributed by atoms with Gasteiger partial charge in [-0.05, 0) is 49.3 Å². The number of aromatic hydroxyl groups is 1. The molecule has 0 amide bonds. The standard InChI is InChI=1S/C17H16BrNO5/c1-8-15(9(2)19-16(8)17(22)23)12(20)5-4-10-6-13(21)14(24-3)7-11(10)18/h4-7,19,21H,1-3H3,(H,22,23)/b5-4+. The summed E-state index contributed by atoms with van der Waals surface area (Å²) < 4.78 is 5.65. The third-order valence-corrected chi connectivity index (χ3v) is 4.30. The summed E-state index contributed by atoms with van der Waals surface area (Å²) in [4.78, 5) is 26.2. The van der Waals surface area contributed by atoms with E-state index in [1.54, 1.807) is 19.9 Å². The fourth-order valence-electron chi connectivity index (χ4n) is 2.43. The highest BCUT2D eigenvalue weighted by molar-refractivity contribution is 9.10. The molecular formula is C17H16BrNO5. The zero-order valence-corrected chi connectivity index (χ0v) is 14.9. The van der Waals surface area contributed by atoms with Crippen LogP contribution in [0.25, 0.3) is 6.08 Å². The molecule has 1 aromatic heterocycles. The zero-order valence-electron chi connectivity index (χ0n) is 13.3. The number of phenols is 1. The number of ketones is 1. The maximum atomic E-state index is 12.4. The number of carboxylic acids is 1. The number of phenolic OH excluding ortho intramolecular Hbond substituents is 1. The van der Waals surface area contributed by atoms with Gasteiger partial charge in [0.2, 0.25) is 0 Å². The second kappa shape index (κ2) is 6.92. The van der Waals surface area contributed by atoms with E-state index >= 15 is 0 Å². The van der Waals surface area contributed by atoms with Crippen molar-refractivity contribution in [2.24, 2.45) is 0 Å². The van der Waals surface area contributed by atoms with Gasteiger partial charge in [-0.2, -0.15) is 0 Å². The number of H-pyrrole nitrogens is 1. The third-order valence-electron chi connectivity index (χ3n) is 3.61. The number of aryl methyl sites for hydroxylation is 1. The number of carbonyl (C=O) groups excluding carboxylic acids is 1. The lowest BCUT2D eigenvalue weighted by atomic mass is 10.0. The van der Waals surface area contributed by atoms with Gasteiger partial charge in [0, 0.05) is 15.7 Å². The van der Waals surface area contributed by atoms with Gasteiger partial charge in [-0.25, -0.2) is 4.79 Å². The number of aromatic carboxylic acids is 1. The number of nitrogens with one attached hydrogen (secondary N) is 1. The number of carbonyl (C=O) groups is 2. The van der Waals surface area contributed by atoms with Crippen molar-refractivity contribution in [3.8, 4) is 11.5 Å². The second-order valence-corrected chi connectivity index (χ2v) is 6.03. The number of aromatic amines is 1. The molecular weight excluding hydrogens is 378 g/mol. The average Bonchev–Trinajstić information content (AvgIpc) is 2.82. The van der Waals surface area contributed by atoms with Crippen LogP contribution in [0.4, 0.5) is 0 Å². The van der Waals surface area contributed by atoms with Crippen LogP contribution in [0.5, 0.6) is 11.5 Å². The minimum atomic E-state index is -1.11. The average molecular weight is 394 g/mol. The number of hydrogen-bond acceptors (Lipinski definition) is 4. The van der Waals surface area contributed by atoms with Crippen molar-refractivity contribution in [3.05, 3.63) is 50.8 Å². The molecule has 2 rings (SSSR count). The van der Waals surface area contributed by atoms with Gasteiger partial charge < -0.3 is 19.9 Å². The summed E-state index contributed by atoms with van der Waals surface area (Å²) in [7, 11) is 1.44. The SMILES string of the molecule is COc1cc(Br)c(/C=C/C(=O)c2c(C)[nH]c(C(=O)O)c2C)cc1O. The van der Waals surface area contributed by atoms with Crippen molar-refractivity contribution >= 4 is 33.8 Å². The summed E-state index contributed by atoms with van der Waals surface area (Å²) in [6.07, 6.45) is 2.87. The van der Waals surface area contributed by atoms with Crippen LogP contribution in [-0.2, 0) is 0 Å². The van der Waals surface area contributed by atoms with Gasteiger partial charge in [0.05, 0.1) is 7.11 Å². The molecule has 0 aliphatic rings. The predicted molar refractivity (Wildman–Crippen MR) is 92.9 cm³/mol. The molecule has 0 radical (unpaired) electrons. The Morgan fingerprint density at radius 1 is 1.29 bits per heavy atom. The number of aromatic nitrogens is 1. The van der Waals surface area contributed by atoms with E-state index in [9.17, 15) is 14.7 Å². The Labute approximate surface area is 146 Å². The molecule has 7 heteroatoms. The molecule has 2 aromatic rings. The lowest BCUT2D eigenvalue weighted by molar-refractivity contribution is 0.0690. The van der Waals surface area contributed by atoms with Crippen LogP contribution in [0, 0.1) is 13.8 Å². The van der Waals surface area contributed by atoms with Gasteiger partial charge in [-0.1, -0.05) is 15.9 Å². The second-order valence-electron chi connectivity index (χ2n) is 5.17. The van der Waals surface area contributed by atoms with Crippen molar-refractivity contribution in [1.82, 2.24) is 4.98 Å². The largest absolute Gasteiger partial charge is 0.504 e. The minimum Gasteiger partial charge on any atom is -0.504 e. The Hall–Kier alpha value is -2.54. The van der Waals surface area contributed by atoms with Crippen molar-refractivity contribution in [1.29, 1.82) is 0 Å². The number of hydrogen-bond donors (Lipinski definition) is 3. The molecule has 0 saturated heterocycles. The van der Waals surface area contributed by atoms with E-state index in [1.807, 2.05) is 0 Å². The fraction of sp³-hybridized carbons (Fsp3) is 0.176. The molecule has 0 aliphatic heterocycles. The zero-order chi connectivity index (χ0) is 18.0. The highest BCUT2D eigenvalue weighted by Crippen LogP contribution is 2.33. The quantitative estimate of drug-likeness (QED) is 0.531. The predicted octanol–water partition coefficient (Wildman–Crippen LogP) is 3.70. The number of benzene rings is 1. The van der Waals surface area contributed by atoms with Crippen molar-refractivity contribution < 1.29 is 24.5 Å². The maximum Gasteiger partial charge on any atom is 0.352 e. The fourth-order valence-corrected chi connectivity index (χ4v) is 2.89. The van der Waals surface area contributed by atoms with Crippen molar-refractivity contribution in [3.63, 3.8) is 0 Å². The molecule has 0 bridgehead atoms. The molecule has 0 saturated carbocycles. The monoisotopic (exact) mass is 393 g/mol. The first-order valence-corrected chi connectivity index (χ1v) is 7.77. The molecule has 24 heavy (non-hydrogen) atoms. The minimum absolute atomic E-state index is 0.00697. The van der Waals surface area contributed by atoms with Gasteiger partial charge in [-0.3, -0.25) is 4.79 Å². The first-order chi connectivity index (χ1) is 11.3. The molecule has 0 aliphatic carbocycles. The van der Waals surface area contributed by atoms with E-state index in [1.165, 1.54) is 25.3 Å². The Balaban J connectivity index is 2.35. The molecule has 0 atom stereocenters. The Morgan fingerprint density at radius 3 is 2.50 bits per heavy atom. The van der Waals surface area contributed by atoms with Gasteiger partial charge in [-0.15, -0.1) is 0 Å². The lowest BCUT2D eigenvalue weighted by Crippen LogP contribution is -2.01. The number of ether oxygens (including phenoxy) is 1. The molecule has 6 nitrogen and oxygen atoms in total. The molecule has 0 fully saturated rings. The van der Waals surface area contributed by atoms with E-state index in [0.717, 1.165) is 0 Å². The summed E-state index contributed by atoms with van der Waals surface area (Å²) in [6, 6.07) is 3.06. The van der Waals surface area contributed by atoms with Crippen LogP contribution in [0.2, 0.25) is 0 Å². The van der Waals surface area contributed by atoms with Gasteiger partial charge >= 0.3 is 5.97 Å². The van der Waals surface area contributed by atoms with E-state index in [2.05, 4.69) is 20.9 Å². The van der Waals surface area contributed by atoms with E-state index in [0.29, 0.717) is 32.6 Å². The number of rotatable bonds is 5. The Morgan fingerprint density at radius 2 is 1.96 bits per heavy atom. The molecule has 126 valence electrons. The molecule has 1 heterocycles. The Kier molecular flexibility index (Phi) is 5.14. The van der Waals surface area contributed by atoms with Crippen LogP contribution >= 0.6 is 15.9 Å². The maximum absolute atomic E-state index is 12.4. The summed E-state index contributed by atoms with van der Waals surface area (Å²) >= 11 is 3.34. The number of methoxy groups -OCH3 is 1. The number of halogens is 1. The van der Waals surface area contributed by atoms with Crippen LogP contribution in [-0.4, -0.2) is 34.1 Å². The smallest absolute Gasteiger partial charge is 0.352 e. The Bertz CT molecular complexity index is 851. The summed E-state index contributed by atoms with van der Waals surface area (Å²) in [6.45, 7) is 3.23. The first-order valence-electron chi connectivity index (χ1n) is 6.97. The highest BCUT2D eigenvalue weighted by atomic mass is 79.9. The summed E-state index contributed by atoms with van der Waals surface area (Å²) in [5, 5.41) is 18.9. The van der Waals surface area contributed by atoms with E-state index < -0.39 is 5.97 Å². The van der Waals surface area contributed by atoms with Gasteiger partial charge in [0.15, 0.2) is 17.3 Å². The first kappa shape index (κ1) is 17.8. The van der Waals surface area contributed by atoms with Crippen molar-refractivity contribution in [2.45, 2.75) is 13.8 Å². The third kappa shape index (κ3) is 3.35. The topological polar surface area (TPSA) is 99.6 Å². The molecule has 1 aromatic carbocycles. The summed E-state index contributed by atoms with van der Waals surface area (Å²) in [5.41, 5.74) is 1.82. The highest BCUT2D eigenvalue weighted by Gasteiger charge is 2.20. The van der Waals surface area contributed by atoms with Crippen molar-refractivity contribution in [2.75, 3.05) is 7.11 Å². The van der Waals surface area contributed by atoms with Gasteiger partial charge in [0.1, 0.15) is 5.69 Å². The summed E-state index contributed by atoms with van der Waals surface area (Å²) in [5.74, 6) is -1.17. The molecule has 3 N–H and O–H groups in total. The normalized spacial score (nSPS) is 11.0. The van der Waals surface area contributed by atoms with E-state index in [4.69, 9.17) is 9.84 Å². The molecule has 0 unspecified atom stereocenters. The van der Waals surface area contributed by atoms with Crippen LogP contribution in [0.3, 0.4) is 0 Å². The van der Waals surface area contributed by atoms with Crippen LogP contribution in [0.1, 0.15) is 37.7 Å². The number of carboxylic acid groups (broad SMARTS) is 1. The number of allylic oxidation sites excluding steroid dienone is 1. The van der Waals surface area contributed by atoms with Crippen LogP contribution < -0.4 is 4.74 Å². The lowest BCUT2D eigenvalue weighted by Gasteiger charge is -2.06. The van der Waals surface area contributed by atoms with Crippen LogP contribution in [0.15, 0.2) is 22.7 Å². The van der Waals surface area contributed by atoms with E-state index in [-0.39, 0.29) is 17.2 Å².